The lowest BCUT2D eigenvalue weighted by atomic mass is 9.90. The summed E-state index contributed by atoms with van der Waals surface area (Å²) in [5, 5.41) is 0. The lowest BCUT2D eigenvalue weighted by Gasteiger charge is -2.22. The smallest absolute Gasteiger partial charge is 0.186 e. The molecule has 0 aliphatic carbocycles. The molecule has 0 bridgehead atoms. The predicted octanol–water partition coefficient (Wildman–Crippen LogP) is 4.75. The minimum Gasteiger partial charge on any atom is -0.381 e. The van der Waals surface area contributed by atoms with Crippen molar-refractivity contribution in [1.82, 2.24) is 0 Å². The van der Waals surface area contributed by atoms with Crippen molar-refractivity contribution in [1.29, 1.82) is 0 Å². The molecule has 1 aromatic carbocycles. The van der Waals surface area contributed by atoms with Gasteiger partial charge in [-0.3, -0.25) is 0 Å². The van der Waals surface area contributed by atoms with E-state index in [-0.39, 0.29) is 0 Å². The van der Waals surface area contributed by atoms with Crippen molar-refractivity contribution in [2.45, 2.75) is 31.1 Å². The van der Waals surface area contributed by atoms with Crippen LogP contribution in [-0.4, -0.2) is 22.0 Å². The maximum atomic E-state index is 11.0. The highest BCUT2D eigenvalue weighted by Crippen LogP contribution is 2.25. The number of ether oxygens (including phenoxy) is 1. The van der Waals surface area contributed by atoms with E-state index in [9.17, 15) is 4.21 Å². The maximum absolute atomic E-state index is 11.0. The Hall–Kier alpha value is -1.71. The minimum atomic E-state index is -1.95. The van der Waals surface area contributed by atoms with Crippen LogP contribution in [0.5, 0.6) is 0 Å². The molecule has 0 aromatic heterocycles. The third-order valence-corrected chi connectivity index (χ3v) is 4.91. The van der Waals surface area contributed by atoms with Gasteiger partial charge in [0.2, 0.25) is 0 Å². The highest BCUT2D eigenvalue weighted by Gasteiger charge is 2.16. The van der Waals surface area contributed by atoms with Crippen LogP contribution < -0.4 is 0 Å². The van der Waals surface area contributed by atoms with Gasteiger partial charge in [0.1, 0.15) is 0 Å². The Morgan fingerprint density at radius 1 is 1.38 bits per heavy atom. The SMILES string of the molecule is C=C/C(=C\C=C=C(CC)C1CCOCC1)c1ccc(S(=O)O)cc1. The van der Waals surface area contributed by atoms with Crippen molar-refractivity contribution in [2.24, 2.45) is 5.92 Å². The monoisotopic (exact) mass is 344 g/mol. The molecular weight excluding hydrogens is 320 g/mol. The fourth-order valence-electron chi connectivity index (χ4n) is 2.84. The summed E-state index contributed by atoms with van der Waals surface area (Å²) in [6.07, 6.45) is 8.85. The molecule has 1 saturated heterocycles. The van der Waals surface area contributed by atoms with Gasteiger partial charge in [0.05, 0.1) is 4.90 Å². The Bertz CT molecular complexity index is 673. The van der Waals surface area contributed by atoms with Crippen molar-refractivity contribution < 1.29 is 13.5 Å². The number of rotatable bonds is 6. The summed E-state index contributed by atoms with van der Waals surface area (Å²) in [7, 11) is 0. The zero-order valence-corrected chi connectivity index (χ0v) is 14.8. The van der Waals surface area contributed by atoms with E-state index in [1.807, 2.05) is 24.3 Å². The third kappa shape index (κ3) is 5.15. The van der Waals surface area contributed by atoms with Crippen LogP contribution in [0.3, 0.4) is 0 Å². The molecule has 1 atom stereocenters. The van der Waals surface area contributed by atoms with Crippen LogP contribution in [0.25, 0.3) is 5.57 Å². The molecule has 1 aliphatic rings. The van der Waals surface area contributed by atoms with Crippen molar-refractivity contribution in [3.8, 4) is 0 Å². The molecule has 3 nitrogen and oxygen atoms in total. The number of hydrogen-bond acceptors (Lipinski definition) is 2. The molecule has 1 aliphatic heterocycles. The van der Waals surface area contributed by atoms with Crippen molar-refractivity contribution in [2.75, 3.05) is 13.2 Å². The van der Waals surface area contributed by atoms with E-state index in [1.165, 1.54) is 5.57 Å². The summed E-state index contributed by atoms with van der Waals surface area (Å²) in [6, 6.07) is 6.96. The summed E-state index contributed by atoms with van der Waals surface area (Å²) in [5.41, 5.74) is 6.68. The topological polar surface area (TPSA) is 46.5 Å². The van der Waals surface area contributed by atoms with Crippen LogP contribution >= 0.6 is 0 Å². The quantitative estimate of drug-likeness (QED) is 0.460. The van der Waals surface area contributed by atoms with E-state index in [0.717, 1.165) is 43.6 Å². The summed E-state index contributed by atoms with van der Waals surface area (Å²) >= 11 is -1.95. The Kier molecular flexibility index (Phi) is 7.41. The summed E-state index contributed by atoms with van der Waals surface area (Å²) in [5.74, 6) is 0.569. The number of benzene rings is 1. The molecule has 1 unspecified atom stereocenters. The van der Waals surface area contributed by atoms with Gasteiger partial charge < -0.3 is 9.29 Å². The van der Waals surface area contributed by atoms with Crippen LogP contribution in [0.1, 0.15) is 31.7 Å². The second-order valence-corrected chi connectivity index (χ2v) is 6.65. The average Bonchev–Trinajstić information content (AvgIpc) is 2.63. The first-order valence-corrected chi connectivity index (χ1v) is 9.33. The van der Waals surface area contributed by atoms with Gasteiger partial charge in [-0.15, -0.1) is 5.73 Å². The Labute approximate surface area is 146 Å². The van der Waals surface area contributed by atoms with E-state index in [0.29, 0.717) is 10.8 Å². The summed E-state index contributed by atoms with van der Waals surface area (Å²) in [4.78, 5) is 0.394. The Morgan fingerprint density at radius 2 is 2.04 bits per heavy atom. The second kappa shape index (κ2) is 9.55. The van der Waals surface area contributed by atoms with Crippen LogP contribution in [0.4, 0.5) is 0 Å². The average molecular weight is 344 g/mol. The molecule has 2 rings (SSSR count). The van der Waals surface area contributed by atoms with Gasteiger partial charge in [0, 0.05) is 13.2 Å². The van der Waals surface area contributed by atoms with Crippen molar-refractivity contribution in [3.63, 3.8) is 0 Å². The molecule has 0 spiro atoms. The Morgan fingerprint density at radius 3 is 2.58 bits per heavy atom. The van der Waals surface area contributed by atoms with E-state index in [2.05, 4.69) is 19.2 Å². The summed E-state index contributed by atoms with van der Waals surface area (Å²) in [6.45, 7) is 7.69. The van der Waals surface area contributed by atoms with Gasteiger partial charge in [-0.05, 0) is 66.2 Å². The zero-order chi connectivity index (χ0) is 17.4. The van der Waals surface area contributed by atoms with Gasteiger partial charge >= 0.3 is 0 Å². The van der Waals surface area contributed by atoms with Crippen LogP contribution in [0.15, 0.2) is 65.3 Å². The Balaban J connectivity index is 2.20. The standard InChI is InChI=1S/C20H24O3S/c1-3-16(18-8-10-20(11-9-18)24(21)22)6-5-7-17(4-2)19-12-14-23-15-13-19/h3,5-6,8-11,19H,1,4,12-15H2,2H3,(H,21,22)/b16-6+. The molecule has 1 fully saturated rings. The molecule has 4 heteroatoms. The largest absolute Gasteiger partial charge is 0.381 e. The van der Waals surface area contributed by atoms with E-state index >= 15 is 0 Å². The van der Waals surface area contributed by atoms with E-state index < -0.39 is 11.1 Å². The van der Waals surface area contributed by atoms with Gasteiger partial charge in [0.25, 0.3) is 0 Å². The maximum Gasteiger partial charge on any atom is 0.186 e. The first kappa shape index (κ1) is 18.6. The van der Waals surface area contributed by atoms with Gasteiger partial charge in [-0.2, -0.15) is 0 Å². The zero-order valence-electron chi connectivity index (χ0n) is 14.0. The fourth-order valence-corrected chi connectivity index (χ4v) is 3.21. The molecule has 1 aromatic rings. The van der Waals surface area contributed by atoms with Gasteiger partial charge in [0.15, 0.2) is 11.1 Å². The van der Waals surface area contributed by atoms with Crippen LogP contribution in [-0.2, 0) is 15.8 Å². The van der Waals surface area contributed by atoms with Crippen LogP contribution in [0, 0.1) is 5.92 Å². The molecular formula is C20H24O3S. The molecule has 0 saturated carbocycles. The third-order valence-electron chi connectivity index (χ3n) is 4.24. The first-order valence-electron chi connectivity index (χ1n) is 8.23. The molecule has 1 N–H and O–H groups in total. The lowest BCUT2D eigenvalue weighted by Crippen LogP contribution is -2.16. The first-order chi connectivity index (χ1) is 11.7. The normalized spacial score (nSPS) is 17.0. The second-order valence-electron chi connectivity index (χ2n) is 5.68. The van der Waals surface area contributed by atoms with Crippen molar-refractivity contribution in [3.05, 3.63) is 65.9 Å². The predicted molar refractivity (Wildman–Crippen MR) is 99.1 cm³/mol. The molecule has 0 radical (unpaired) electrons. The number of hydrogen-bond donors (Lipinski definition) is 1. The van der Waals surface area contributed by atoms with Crippen molar-refractivity contribution >= 4 is 16.7 Å². The number of allylic oxidation sites excluding steroid dienone is 4. The van der Waals surface area contributed by atoms with E-state index in [1.54, 1.807) is 18.2 Å². The van der Waals surface area contributed by atoms with E-state index in [4.69, 9.17) is 9.29 Å². The highest BCUT2D eigenvalue weighted by molar-refractivity contribution is 7.79. The van der Waals surface area contributed by atoms with Crippen LogP contribution in [0.2, 0.25) is 0 Å². The van der Waals surface area contributed by atoms with Gasteiger partial charge in [-0.1, -0.05) is 31.7 Å². The minimum absolute atomic E-state index is 0.394. The highest BCUT2D eigenvalue weighted by atomic mass is 32.2. The molecule has 1 heterocycles. The molecule has 24 heavy (non-hydrogen) atoms. The molecule has 0 amide bonds. The fraction of sp³-hybridized carbons (Fsp3) is 0.350. The lowest BCUT2D eigenvalue weighted by molar-refractivity contribution is 0.0751. The van der Waals surface area contributed by atoms with Gasteiger partial charge in [-0.25, -0.2) is 4.21 Å². The summed E-state index contributed by atoms with van der Waals surface area (Å²) < 4.78 is 25.5. The molecule has 128 valence electrons.